The number of rotatable bonds is 7. The molecule has 0 spiro atoms. The van der Waals surface area contributed by atoms with Gasteiger partial charge in [-0.15, -0.1) is 0 Å². The summed E-state index contributed by atoms with van der Waals surface area (Å²) in [6.45, 7) is 0.509. The van der Waals surface area contributed by atoms with Crippen molar-refractivity contribution in [1.29, 1.82) is 0 Å². The van der Waals surface area contributed by atoms with Crippen molar-refractivity contribution in [3.8, 4) is 5.75 Å². The topological polar surface area (TPSA) is 50.7 Å². The first kappa shape index (κ1) is 17.4. The molecule has 130 valence electrons. The van der Waals surface area contributed by atoms with Crippen molar-refractivity contribution in [3.63, 3.8) is 0 Å². The van der Waals surface area contributed by atoms with Crippen molar-refractivity contribution in [1.82, 2.24) is 5.43 Å². The maximum Gasteiger partial charge on any atom is 0.244 e. The predicted molar refractivity (Wildman–Crippen MR) is 103 cm³/mol. The highest BCUT2D eigenvalue weighted by Gasteiger charge is 2.01. The van der Waals surface area contributed by atoms with Crippen LogP contribution in [0, 0.1) is 0 Å². The summed E-state index contributed by atoms with van der Waals surface area (Å²) in [7, 11) is 0. The van der Waals surface area contributed by atoms with E-state index in [1.54, 1.807) is 6.21 Å². The van der Waals surface area contributed by atoms with Gasteiger partial charge < -0.3 is 4.74 Å². The second-order valence-corrected chi connectivity index (χ2v) is 5.80. The Morgan fingerprint density at radius 1 is 0.885 bits per heavy atom. The molecule has 0 radical (unpaired) electrons. The summed E-state index contributed by atoms with van der Waals surface area (Å²) in [6.07, 6.45) is 1.91. The molecule has 3 rings (SSSR count). The first-order valence-electron chi connectivity index (χ1n) is 8.42. The summed E-state index contributed by atoms with van der Waals surface area (Å²) in [5, 5.41) is 4.02. The van der Waals surface area contributed by atoms with Crippen LogP contribution in [0.4, 0.5) is 0 Å². The number of hydrazone groups is 1. The predicted octanol–water partition coefficient (Wildman–Crippen LogP) is 3.96. The molecule has 0 saturated carbocycles. The Bertz CT molecular complexity index is 862. The van der Waals surface area contributed by atoms with Crippen LogP contribution in [0.5, 0.6) is 5.75 Å². The molecule has 26 heavy (non-hydrogen) atoms. The fraction of sp³-hybridized carbons (Fsp3) is 0.0909. The van der Waals surface area contributed by atoms with Crippen molar-refractivity contribution in [2.24, 2.45) is 5.10 Å². The van der Waals surface area contributed by atoms with E-state index >= 15 is 0 Å². The number of carbonyl (C=O) groups excluding carboxylic acids is 1. The van der Waals surface area contributed by atoms with Gasteiger partial charge in [0.1, 0.15) is 12.4 Å². The van der Waals surface area contributed by atoms with Crippen LogP contribution in [0.25, 0.3) is 0 Å². The van der Waals surface area contributed by atoms with E-state index < -0.39 is 0 Å². The number of nitrogens with one attached hydrogen (secondary N) is 1. The maximum absolute atomic E-state index is 11.9. The molecule has 0 aliphatic carbocycles. The molecule has 0 atom stereocenters. The van der Waals surface area contributed by atoms with Gasteiger partial charge in [-0.3, -0.25) is 4.79 Å². The third kappa shape index (κ3) is 5.60. The molecule has 0 heterocycles. The van der Waals surface area contributed by atoms with Crippen LogP contribution in [0.15, 0.2) is 90.0 Å². The zero-order valence-electron chi connectivity index (χ0n) is 14.3. The van der Waals surface area contributed by atoms with Crippen molar-refractivity contribution >= 4 is 12.1 Å². The third-order valence-electron chi connectivity index (χ3n) is 3.72. The van der Waals surface area contributed by atoms with Gasteiger partial charge in [0.05, 0.1) is 12.6 Å². The molecule has 4 nitrogen and oxygen atoms in total. The molecular formula is C22H20N2O2. The fourth-order valence-electron chi connectivity index (χ4n) is 2.43. The third-order valence-corrected chi connectivity index (χ3v) is 3.72. The number of carbonyl (C=O) groups is 1. The molecule has 0 aliphatic rings. The largest absolute Gasteiger partial charge is 0.489 e. The molecule has 0 unspecified atom stereocenters. The quantitative estimate of drug-likeness (QED) is 0.521. The standard InChI is InChI=1S/C22H20N2O2/c25-22(15-18-8-3-1-4-9-18)24-23-16-20-12-7-13-21(14-20)26-17-19-10-5-2-6-11-19/h1-14,16H,15,17H2,(H,24,25)/b23-16-. The van der Waals surface area contributed by atoms with Crippen molar-refractivity contribution in [3.05, 3.63) is 102 Å². The Morgan fingerprint density at radius 2 is 1.58 bits per heavy atom. The summed E-state index contributed by atoms with van der Waals surface area (Å²) in [4.78, 5) is 11.9. The minimum Gasteiger partial charge on any atom is -0.489 e. The molecule has 0 bridgehead atoms. The molecule has 0 aliphatic heterocycles. The fourth-order valence-corrected chi connectivity index (χ4v) is 2.43. The van der Waals surface area contributed by atoms with Gasteiger partial charge in [0, 0.05) is 0 Å². The van der Waals surface area contributed by atoms with Crippen LogP contribution in [0.3, 0.4) is 0 Å². The molecular weight excluding hydrogens is 324 g/mol. The summed E-state index contributed by atoms with van der Waals surface area (Å²) in [5.41, 5.74) is 5.47. The van der Waals surface area contributed by atoms with Gasteiger partial charge in [-0.05, 0) is 28.8 Å². The average molecular weight is 344 g/mol. The first-order chi connectivity index (χ1) is 12.8. The highest BCUT2D eigenvalue weighted by molar-refractivity contribution is 5.83. The monoisotopic (exact) mass is 344 g/mol. The van der Waals surface area contributed by atoms with E-state index in [1.807, 2.05) is 84.9 Å². The zero-order chi connectivity index (χ0) is 18.0. The Morgan fingerprint density at radius 3 is 2.31 bits per heavy atom. The van der Waals surface area contributed by atoms with Crippen LogP contribution in [-0.4, -0.2) is 12.1 Å². The Hall–Kier alpha value is -3.40. The lowest BCUT2D eigenvalue weighted by atomic mass is 10.1. The van der Waals surface area contributed by atoms with Crippen LogP contribution < -0.4 is 10.2 Å². The minimum atomic E-state index is -0.149. The maximum atomic E-state index is 11.9. The zero-order valence-corrected chi connectivity index (χ0v) is 14.3. The van der Waals surface area contributed by atoms with Crippen LogP contribution in [-0.2, 0) is 17.8 Å². The number of nitrogens with zero attached hydrogens (tertiary/aromatic N) is 1. The van der Waals surface area contributed by atoms with E-state index in [-0.39, 0.29) is 5.91 Å². The summed E-state index contributed by atoms with van der Waals surface area (Å²) in [5.74, 6) is 0.609. The number of benzene rings is 3. The molecule has 3 aromatic rings. The summed E-state index contributed by atoms with van der Waals surface area (Å²) >= 11 is 0. The van der Waals surface area contributed by atoms with Gasteiger partial charge in [-0.2, -0.15) is 5.10 Å². The average Bonchev–Trinajstić information content (AvgIpc) is 2.68. The minimum absolute atomic E-state index is 0.149. The molecule has 3 aromatic carbocycles. The smallest absolute Gasteiger partial charge is 0.244 e. The number of hydrogen-bond donors (Lipinski definition) is 1. The summed E-state index contributed by atoms with van der Waals surface area (Å²) in [6, 6.07) is 27.1. The second kappa shape index (κ2) is 9.18. The van der Waals surface area contributed by atoms with Gasteiger partial charge in [-0.25, -0.2) is 5.43 Å². The molecule has 0 fully saturated rings. The Kier molecular flexibility index (Phi) is 6.15. The molecule has 4 heteroatoms. The summed E-state index contributed by atoms with van der Waals surface area (Å²) < 4.78 is 5.79. The van der Waals surface area contributed by atoms with Crippen LogP contribution in [0.1, 0.15) is 16.7 Å². The lowest BCUT2D eigenvalue weighted by Crippen LogP contribution is -2.19. The van der Waals surface area contributed by atoms with E-state index in [2.05, 4.69) is 10.5 Å². The second-order valence-electron chi connectivity index (χ2n) is 5.80. The highest BCUT2D eigenvalue weighted by Crippen LogP contribution is 2.14. The Labute approximate surface area is 153 Å². The number of hydrogen-bond acceptors (Lipinski definition) is 3. The van der Waals surface area contributed by atoms with E-state index in [0.29, 0.717) is 13.0 Å². The van der Waals surface area contributed by atoms with E-state index in [9.17, 15) is 4.79 Å². The van der Waals surface area contributed by atoms with E-state index in [1.165, 1.54) is 0 Å². The lowest BCUT2D eigenvalue weighted by molar-refractivity contribution is -0.120. The van der Waals surface area contributed by atoms with Crippen LogP contribution >= 0.6 is 0 Å². The highest BCUT2D eigenvalue weighted by atomic mass is 16.5. The Balaban J connectivity index is 1.51. The van der Waals surface area contributed by atoms with E-state index in [4.69, 9.17) is 4.74 Å². The first-order valence-corrected chi connectivity index (χ1v) is 8.42. The number of ether oxygens (including phenoxy) is 1. The van der Waals surface area contributed by atoms with E-state index in [0.717, 1.165) is 22.4 Å². The van der Waals surface area contributed by atoms with Crippen LogP contribution in [0.2, 0.25) is 0 Å². The SMILES string of the molecule is O=C(Cc1ccccc1)N/N=C\c1cccc(OCc2ccccc2)c1. The van der Waals surface area contributed by atoms with Crippen molar-refractivity contribution in [2.45, 2.75) is 13.0 Å². The normalized spacial score (nSPS) is 10.6. The lowest BCUT2D eigenvalue weighted by Gasteiger charge is -2.06. The molecule has 0 aromatic heterocycles. The molecule has 0 saturated heterocycles. The van der Waals surface area contributed by atoms with Crippen molar-refractivity contribution in [2.75, 3.05) is 0 Å². The van der Waals surface area contributed by atoms with Gasteiger partial charge in [0.2, 0.25) is 5.91 Å². The van der Waals surface area contributed by atoms with Crippen molar-refractivity contribution < 1.29 is 9.53 Å². The van der Waals surface area contributed by atoms with Gasteiger partial charge in [-0.1, -0.05) is 72.8 Å². The van der Waals surface area contributed by atoms with Gasteiger partial charge in [0.25, 0.3) is 0 Å². The molecule has 1 amide bonds. The van der Waals surface area contributed by atoms with Gasteiger partial charge in [0.15, 0.2) is 0 Å². The molecule has 1 N–H and O–H groups in total. The van der Waals surface area contributed by atoms with Gasteiger partial charge >= 0.3 is 0 Å². The number of amides is 1.